The van der Waals surface area contributed by atoms with Crippen molar-refractivity contribution in [1.29, 1.82) is 0 Å². The number of aromatic nitrogens is 3. The molecule has 0 radical (unpaired) electrons. The molecule has 0 unspecified atom stereocenters. The molecular formula is C27H28F3N5O4. The number of hydrogen-bond donors (Lipinski definition) is 2. The van der Waals surface area contributed by atoms with Crippen LogP contribution in [-0.2, 0) is 11.8 Å². The zero-order chi connectivity index (χ0) is 28.2. The number of carbonyl (C=O) groups excluding carboxylic acids is 1. The lowest BCUT2D eigenvalue weighted by Crippen LogP contribution is -2.27. The van der Waals surface area contributed by atoms with E-state index in [4.69, 9.17) is 9.47 Å². The molecule has 2 heterocycles. The lowest BCUT2D eigenvalue weighted by molar-refractivity contribution is -0.274. The molecule has 0 aliphatic carbocycles. The number of pyridine rings is 1. The molecule has 0 fully saturated rings. The van der Waals surface area contributed by atoms with Crippen LogP contribution < -0.4 is 20.1 Å². The first kappa shape index (κ1) is 27.7. The van der Waals surface area contributed by atoms with Gasteiger partial charge in [0.25, 0.3) is 5.91 Å². The number of ether oxygens (including phenoxy) is 3. The van der Waals surface area contributed by atoms with Gasteiger partial charge in [0, 0.05) is 44.7 Å². The fourth-order valence-corrected chi connectivity index (χ4v) is 3.87. The molecule has 39 heavy (non-hydrogen) atoms. The van der Waals surface area contributed by atoms with Gasteiger partial charge in [0.05, 0.1) is 17.6 Å². The second kappa shape index (κ2) is 11.6. The summed E-state index contributed by atoms with van der Waals surface area (Å²) < 4.78 is 55.3. The average Bonchev–Trinajstić information content (AvgIpc) is 3.18. The van der Waals surface area contributed by atoms with Crippen molar-refractivity contribution in [3.63, 3.8) is 0 Å². The first-order valence-corrected chi connectivity index (χ1v) is 12.1. The summed E-state index contributed by atoms with van der Waals surface area (Å²) in [4.78, 5) is 21.0. The van der Waals surface area contributed by atoms with Gasteiger partial charge in [-0.05, 0) is 47.9 Å². The molecule has 2 aromatic carbocycles. The number of nitrogens with zero attached hydrogens (tertiary/aromatic N) is 3. The van der Waals surface area contributed by atoms with Crippen molar-refractivity contribution in [1.82, 2.24) is 19.9 Å². The van der Waals surface area contributed by atoms with Crippen molar-refractivity contribution in [3.8, 4) is 17.2 Å². The van der Waals surface area contributed by atoms with E-state index < -0.39 is 6.36 Å². The Bertz CT molecular complexity index is 1470. The van der Waals surface area contributed by atoms with Crippen LogP contribution in [0, 0.1) is 0 Å². The van der Waals surface area contributed by atoms with Crippen molar-refractivity contribution in [2.75, 3.05) is 25.6 Å². The van der Waals surface area contributed by atoms with Gasteiger partial charge in [0.1, 0.15) is 22.9 Å². The third-order valence-electron chi connectivity index (χ3n) is 5.76. The van der Waals surface area contributed by atoms with Crippen molar-refractivity contribution in [2.24, 2.45) is 7.05 Å². The Balaban J connectivity index is 1.53. The van der Waals surface area contributed by atoms with E-state index in [1.165, 1.54) is 24.4 Å². The van der Waals surface area contributed by atoms with Crippen molar-refractivity contribution in [2.45, 2.75) is 26.1 Å². The molecule has 2 N–H and O–H groups in total. The summed E-state index contributed by atoms with van der Waals surface area (Å²) in [6.45, 7) is 4.33. The quantitative estimate of drug-likeness (QED) is 0.240. The number of halogens is 3. The minimum absolute atomic E-state index is 0.200. The van der Waals surface area contributed by atoms with Crippen LogP contribution in [0.1, 0.15) is 35.8 Å². The van der Waals surface area contributed by atoms with E-state index in [2.05, 4.69) is 25.3 Å². The largest absolute Gasteiger partial charge is 0.573 e. The SMILES string of the molecule is COCCNC(=O)c1cc(Oc2ccc3c(c2)nc(Nc2ccc(OC(F)(F)F)c(C(C)C)c2)n3C)ccn1. The van der Waals surface area contributed by atoms with Crippen LogP contribution >= 0.6 is 0 Å². The van der Waals surface area contributed by atoms with E-state index in [0.29, 0.717) is 47.4 Å². The number of aryl methyl sites for hydroxylation is 1. The Morgan fingerprint density at radius 2 is 1.85 bits per heavy atom. The molecule has 1 amide bonds. The van der Waals surface area contributed by atoms with Gasteiger partial charge in [0.2, 0.25) is 5.95 Å². The molecule has 0 bridgehead atoms. The summed E-state index contributed by atoms with van der Waals surface area (Å²) in [6.07, 6.45) is -3.29. The molecule has 2 aromatic heterocycles. The second-order valence-electron chi connectivity index (χ2n) is 8.95. The van der Waals surface area contributed by atoms with Crippen LogP contribution in [0.5, 0.6) is 17.2 Å². The molecule has 12 heteroatoms. The van der Waals surface area contributed by atoms with E-state index in [0.717, 1.165) is 5.52 Å². The Labute approximate surface area is 222 Å². The summed E-state index contributed by atoms with van der Waals surface area (Å²) in [5.74, 6) is 0.640. The Hall–Kier alpha value is -4.32. The van der Waals surface area contributed by atoms with E-state index in [-0.39, 0.29) is 23.3 Å². The summed E-state index contributed by atoms with van der Waals surface area (Å²) >= 11 is 0. The minimum atomic E-state index is -4.77. The third kappa shape index (κ3) is 6.96. The van der Waals surface area contributed by atoms with Crippen molar-refractivity contribution in [3.05, 3.63) is 66.0 Å². The number of methoxy groups -OCH3 is 1. The zero-order valence-electron chi connectivity index (χ0n) is 21.8. The van der Waals surface area contributed by atoms with Gasteiger partial charge in [-0.15, -0.1) is 13.2 Å². The topological polar surface area (TPSA) is 99.5 Å². The molecule has 0 spiro atoms. The van der Waals surface area contributed by atoms with E-state index in [1.807, 2.05) is 17.7 Å². The smallest absolute Gasteiger partial charge is 0.457 e. The fraction of sp³-hybridized carbons (Fsp3) is 0.296. The maximum atomic E-state index is 12.8. The van der Waals surface area contributed by atoms with Gasteiger partial charge in [-0.2, -0.15) is 0 Å². The fourth-order valence-electron chi connectivity index (χ4n) is 3.87. The highest BCUT2D eigenvalue weighted by molar-refractivity contribution is 5.92. The van der Waals surface area contributed by atoms with Crippen LogP contribution in [0.4, 0.5) is 24.8 Å². The predicted molar refractivity (Wildman–Crippen MR) is 140 cm³/mol. The number of anilines is 2. The number of imidazole rings is 1. The van der Waals surface area contributed by atoms with Crippen molar-refractivity contribution >= 4 is 28.6 Å². The molecule has 4 aromatic rings. The molecule has 0 aliphatic heterocycles. The van der Waals surface area contributed by atoms with Crippen LogP contribution in [0.25, 0.3) is 11.0 Å². The highest BCUT2D eigenvalue weighted by Gasteiger charge is 2.32. The highest BCUT2D eigenvalue weighted by Crippen LogP contribution is 2.34. The molecule has 0 atom stereocenters. The molecule has 206 valence electrons. The number of fused-ring (bicyclic) bond motifs is 1. The average molecular weight is 544 g/mol. The van der Waals surface area contributed by atoms with Crippen LogP contribution in [0.15, 0.2) is 54.7 Å². The van der Waals surface area contributed by atoms with Gasteiger partial charge in [0.15, 0.2) is 0 Å². The van der Waals surface area contributed by atoms with E-state index >= 15 is 0 Å². The normalized spacial score (nSPS) is 11.6. The first-order chi connectivity index (χ1) is 18.5. The summed E-state index contributed by atoms with van der Waals surface area (Å²) in [5.41, 5.74) is 2.62. The van der Waals surface area contributed by atoms with E-state index in [1.54, 1.807) is 45.2 Å². The number of carbonyl (C=O) groups is 1. The standard InChI is InChI=1S/C27H28F3N5O4/c1-16(2)20-13-17(5-8-24(20)39-27(28,29)30)33-26-34-21-14-18(6-7-23(21)35(26)3)38-19-9-10-31-22(15-19)25(36)32-11-12-37-4/h5-10,13-16H,11-12H2,1-4H3,(H,32,36)(H,33,34). The Morgan fingerprint density at radius 3 is 2.56 bits per heavy atom. The maximum absolute atomic E-state index is 12.8. The van der Waals surface area contributed by atoms with Crippen LogP contribution in [0.2, 0.25) is 0 Å². The van der Waals surface area contributed by atoms with Gasteiger partial charge >= 0.3 is 6.36 Å². The van der Waals surface area contributed by atoms with Gasteiger partial charge in [-0.1, -0.05) is 13.8 Å². The monoisotopic (exact) mass is 543 g/mol. The summed E-state index contributed by atoms with van der Waals surface area (Å²) in [5, 5.41) is 5.88. The lowest BCUT2D eigenvalue weighted by Gasteiger charge is -2.17. The third-order valence-corrected chi connectivity index (χ3v) is 5.76. The van der Waals surface area contributed by atoms with Gasteiger partial charge < -0.3 is 29.4 Å². The Kier molecular flexibility index (Phi) is 8.24. The molecule has 0 saturated heterocycles. The van der Waals surface area contributed by atoms with Crippen LogP contribution in [0.3, 0.4) is 0 Å². The number of alkyl halides is 3. The molecule has 0 aliphatic rings. The maximum Gasteiger partial charge on any atom is 0.573 e. The zero-order valence-corrected chi connectivity index (χ0v) is 21.8. The van der Waals surface area contributed by atoms with Gasteiger partial charge in [-0.25, -0.2) is 4.98 Å². The number of benzene rings is 2. The minimum Gasteiger partial charge on any atom is -0.457 e. The number of hydrogen-bond acceptors (Lipinski definition) is 7. The molecule has 0 saturated carbocycles. The lowest BCUT2D eigenvalue weighted by atomic mass is 10.0. The van der Waals surface area contributed by atoms with Gasteiger partial charge in [-0.3, -0.25) is 9.78 Å². The second-order valence-corrected chi connectivity index (χ2v) is 8.95. The molecular weight excluding hydrogens is 515 g/mol. The molecule has 4 rings (SSSR count). The van der Waals surface area contributed by atoms with E-state index in [9.17, 15) is 18.0 Å². The van der Waals surface area contributed by atoms with Crippen LogP contribution in [-0.4, -0.2) is 47.1 Å². The summed E-state index contributed by atoms with van der Waals surface area (Å²) in [6, 6.07) is 12.9. The number of nitrogens with one attached hydrogen (secondary N) is 2. The Morgan fingerprint density at radius 1 is 1.08 bits per heavy atom. The predicted octanol–water partition coefficient (Wildman–Crippen LogP) is 5.90. The number of amides is 1. The first-order valence-electron chi connectivity index (χ1n) is 12.1. The highest BCUT2D eigenvalue weighted by atomic mass is 19.4. The summed E-state index contributed by atoms with van der Waals surface area (Å²) in [7, 11) is 3.37. The van der Waals surface area contributed by atoms with Crippen molar-refractivity contribution < 1.29 is 32.2 Å². The molecule has 9 nitrogen and oxygen atoms in total. The number of rotatable bonds is 10.